The molecule has 1 aliphatic rings. The highest BCUT2D eigenvalue weighted by atomic mass is 16.5. The summed E-state index contributed by atoms with van der Waals surface area (Å²) in [6.45, 7) is 5.44. The minimum absolute atomic E-state index is 0.112. The summed E-state index contributed by atoms with van der Waals surface area (Å²) in [7, 11) is 0. The first-order valence-corrected chi connectivity index (χ1v) is 8.46. The number of hydrogen-bond donors (Lipinski definition) is 0. The molecule has 0 saturated heterocycles. The van der Waals surface area contributed by atoms with Crippen molar-refractivity contribution in [2.24, 2.45) is 0 Å². The third-order valence-corrected chi connectivity index (χ3v) is 4.26. The van der Waals surface area contributed by atoms with Crippen molar-refractivity contribution >= 4 is 12.0 Å². The zero-order chi connectivity index (χ0) is 15.8. The molecule has 0 aliphatic heterocycles. The van der Waals surface area contributed by atoms with Crippen LogP contribution in [-0.4, -0.2) is 30.0 Å². The number of hydrogen-bond acceptors (Lipinski definition) is 2. The van der Waals surface area contributed by atoms with Crippen LogP contribution < -0.4 is 4.74 Å². The summed E-state index contributed by atoms with van der Waals surface area (Å²) in [6.07, 6.45) is 9.64. The summed E-state index contributed by atoms with van der Waals surface area (Å²) in [5.41, 5.74) is 0.956. The molecule has 1 fully saturated rings. The predicted molar refractivity (Wildman–Crippen MR) is 90.9 cm³/mol. The minimum atomic E-state index is 0.112. The Morgan fingerprint density at radius 3 is 2.64 bits per heavy atom. The van der Waals surface area contributed by atoms with Gasteiger partial charge in [0.1, 0.15) is 5.75 Å². The van der Waals surface area contributed by atoms with Gasteiger partial charge in [-0.25, -0.2) is 0 Å². The second kappa shape index (κ2) is 8.62. The molecule has 1 aromatic rings. The summed E-state index contributed by atoms with van der Waals surface area (Å²) in [5.74, 6) is 0.940. The molecule has 0 bridgehead atoms. The highest BCUT2D eigenvalue weighted by molar-refractivity contribution is 5.92. The highest BCUT2D eigenvalue weighted by Gasteiger charge is 2.22. The molecular formula is C19H27NO2. The van der Waals surface area contributed by atoms with Crippen molar-refractivity contribution in [3.8, 4) is 5.75 Å². The standard InChI is InChI=1S/C19H27NO2/c1-3-20(17-11-6-5-7-12-17)19(21)15-14-16-10-8-9-13-18(16)22-4-2/h8-10,13-15,17H,3-7,11-12H2,1-2H3/b15-14+. The van der Waals surface area contributed by atoms with Gasteiger partial charge in [0.15, 0.2) is 0 Å². The van der Waals surface area contributed by atoms with Crippen molar-refractivity contribution in [1.29, 1.82) is 0 Å². The van der Waals surface area contributed by atoms with E-state index in [1.54, 1.807) is 6.08 Å². The van der Waals surface area contributed by atoms with E-state index in [1.807, 2.05) is 42.2 Å². The smallest absolute Gasteiger partial charge is 0.246 e. The first-order chi connectivity index (χ1) is 10.8. The van der Waals surface area contributed by atoms with Crippen LogP contribution in [0, 0.1) is 0 Å². The molecule has 0 aromatic heterocycles. The van der Waals surface area contributed by atoms with Gasteiger partial charge in [-0.05, 0) is 38.8 Å². The fraction of sp³-hybridized carbons (Fsp3) is 0.526. The Kier molecular flexibility index (Phi) is 6.50. The molecule has 1 saturated carbocycles. The molecule has 3 heteroatoms. The van der Waals surface area contributed by atoms with Crippen molar-refractivity contribution in [3.63, 3.8) is 0 Å². The molecule has 1 aromatic carbocycles. The summed E-state index contributed by atoms with van der Waals surface area (Å²) >= 11 is 0. The molecule has 120 valence electrons. The van der Waals surface area contributed by atoms with Crippen molar-refractivity contribution in [2.75, 3.05) is 13.2 Å². The van der Waals surface area contributed by atoms with E-state index in [2.05, 4.69) is 6.92 Å². The number of amides is 1. The average Bonchev–Trinajstić information content (AvgIpc) is 2.56. The maximum absolute atomic E-state index is 12.5. The number of rotatable bonds is 6. The molecule has 0 spiro atoms. The fourth-order valence-corrected chi connectivity index (χ4v) is 3.15. The Morgan fingerprint density at radius 2 is 1.95 bits per heavy atom. The summed E-state index contributed by atoms with van der Waals surface area (Å²) in [6, 6.07) is 8.24. The van der Waals surface area contributed by atoms with Crippen LogP contribution in [0.4, 0.5) is 0 Å². The van der Waals surface area contributed by atoms with Gasteiger partial charge >= 0.3 is 0 Å². The van der Waals surface area contributed by atoms with Crippen LogP contribution in [0.15, 0.2) is 30.3 Å². The summed E-state index contributed by atoms with van der Waals surface area (Å²) in [5, 5.41) is 0. The van der Waals surface area contributed by atoms with Crippen molar-refractivity contribution in [2.45, 2.75) is 52.0 Å². The molecule has 0 radical (unpaired) electrons. The predicted octanol–water partition coefficient (Wildman–Crippen LogP) is 4.28. The lowest BCUT2D eigenvalue weighted by Crippen LogP contribution is -2.40. The second-order valence-corrected chi connectivity index (χ2v) is 5.72. The van der Waals surface area contributed by atoms with Gasteiger partial charge in [0.25, 0.3) is 0 Å². The fourth-order valence-electron chi connectivity index (χ4n) is 3.15. The molecule has 1 aliphatic carbocycles. The number of ether oxygens (including phenoxy) is 1. The van der Waals surface area contributed by atoms with E-state index in [1.165, 1.54) is 19.3 Å². The van der Waals surface area contributed by atoms with Crippen molar-refractivity contribution in [1.82, 2.24) is 4.90 Å². The molecule has 1 amide bonds. The maximum atomic E-state index is 12.5. The van der Waals surface area contributed by atoms with Crippen molar-refractivity contribution < 1.29 is 9.53 Å². The van der Waals surface area contributed by atoms with Crippen LogP contribution in [0.25, 0.3) is 6.08 Å². The Hall–Kier alpha value is -1.77. The Balaban J connectivity index is 2.06. The van der Waals surface area contributed by atoms with Gasteiger partial charge in [-0.15, -0.1) is 0 Å². The van der Waals surface area contributed by atoms with Gasteiger partial charge in [-0.2, -0.15) is 0 Å². The van der Waals surface area contributed by atoms with E-state index < -0.39 is 0 Å². The van der Waals surface area contributed by atoms with Crippen LogP contribution in [0.2, 0.25) is 0 Å². The summed E-state index contributed by atoms with van der Waals surface area (Å²) < 4.78 is 5.60. The quantitative estimate of drug-likeness (QED) is 0.734. The maximum Gasteiger partial charge on any atom is 0.246 e. The van der Waals surface area contributed by atoms with Crippen LogP contribution in [0.5, 0.6) is 5.75 Å². The molecule has 0 atom stereocenters. The Bertz CT molecular complexity index is 504. The topological polar surface area (TPSA) is 29.5 Å². The van der Waals surface area contributed by atoms with Crippen LogP contribution in [0.3, 0.4) is 0 Å². The van der Waals surface area contributed by atoms with E-state index in [9.17, 15) is 4.79 Å². The number of carbonyl (C=O) groups excluding carboxylic acids is 1. The Labute approximate surface area is 134 Å². The average molecular weight is 301 g/mol. The van der Waals surface area contributed by atoms with Gasteiger partial charge in [0.2, 0.25) is 5.91 Å². The first kappa shape index (κ1) is 16.6. The van der Waals surface area contributed by atoms with E-state index in [-0.39, 0.29) is 5.91 Å². The lowest BCUT2D eigenvalue weighted by Gasteiger charge is -2.32. The molecule has 22 heavy (non-hydrogen) atoms. The van der Waals surface area contributed by atoms with Crippen molar-refractivity contribution in [3.05, 3.63) is 35.9 Å². The SMILES string of the molecule is CCOc1ccccc1/C=C/C(=O)N(CC)C1CCCCC1. The molecule has 0 unspecified atom stereocenters. The molecule has 0 heterocycles. The number of carbonyl (C=O) groups is 1. The monoisotopic (exact) mass is 301 g/mol. The lowest BCUT2D eigenvalue weighted by molar-refractivity contribution is -0.128. The highest BCUT2D eigenvalue weighted by Crippen LogP contribution is 2.23. The van der Waals surface area contributed by atoms with Gasteiger partial charge in [0, 0.05) is 24.2 Å². The number of likely N-dealkylation sites (N-methyl/N-ethyl adjacent to an activating group) is 1. The second-order valence-electron chi connectivity index (χ2n) is 5.72. The van der Waals surface area contributed by atoms with Gasteiger partial charge in [-0.3, -0.25) is 4.79 Å². The number of benzene rings is 1. The molecule has 3 nitrogen and oxygen atoms in total. The van der Waals surface area contributed by atoms with Crippen LogP contribution in [0.1, 0.15) is 51.5 Å². The normalized spacial score (nSPS) is 15.9. The largest absolute Gasteiger partial charge is 0.493 e. The zero-order valence-corrected chi connectivity index (χ0v) is 13.8. The summed E-state index contributed by atoms with van der Waals surface area (Å²) in [4.78, 5) is 14.5. The van der Waals surface area contributed by atoms with E-state index in [0.717, 1.165) is 30.7 Å². The molecule has 0 N–H and O–H groups in total. The van der Waals surface area contributed by atoms with Gasteiger partial charge in [0.05, 0.1) is 6.61 Å². The number of nitrogens with zero attached hydrogens (tertiary/aromatic N) is 1. The van der Waals surface area contributed by atoms with E-state index >= 15 is 0 Å². The third kappa shape index (κ3) is 4.36. The van der Waals surface area contributed by atoms with E-state index in [0.29, 0.717) is 12.6 Å². The lowest BCUT2D eigenvalue weighted by atomic mass is 9.94. The van der Waals surface area contributed by atoms with Gasteiger partial charge < -0.3 is 9.64 Å². The third-order valence-electron chi connectivity index (χ3n) is 4.26. The molecular weight excluding hydrogens is 274 g/mol. The van der Waals surface area contributed by atoms with E-state index in [4.69, 9.17) is 4.74 Å². The molecule has 2 rings (SSSR count). The zero-order valence-electron chi connectivity index (χ0n) is 13.8. The van der Waals surface area contributed by atoms with Crippen LogP contribution >= 0.6 is 0 Å². The first-order valence-electron chi connectivity index (χ1n) is 8.46. The van der Waals surface area contributed by atoms with Gasteiger partial charge in [-0.1, -0.05) is 37.5 Å². The number of para-hydroxylation sites is 1. The Morgan fingerprint density at radius 1 is 1.23 bits per heavy atom. The minimum Gasteiger partial charge on any atom is -0.493 e. The van der Waals surface area contributed by atoms with Crippen LogP contribution in [-0.2, 0) is 4.79 Å².